The van der Waals surface area contributed by atoms with Crippen molar-refractivity contribution in [1.29, 1.82) is 0 Å². The molecule has 23 heavy (non-hydrogen) atoms. The number of aliphatic hydroxyl groups is 1. The van der Waals surface area contributed by atoms with Gasteiger partial charge in [0.15, 0.2) is 0 Å². The lowest BCUT2D eigenvalue weighted by Crippen LogP contribution is -2.37. The fraction of sp³-hybridized carbons (Fsp3) is 0.333. The highest BCUT2D eigenvalue weighted by Gasteiger charge is 2.12. The van der Waals surface area contributed by atoms with E-state index in [1.54, 1.807) is 0 Å². The molecule has 2 amide bonds. The van der Waals surface area contributed by atoms with E-state index >= 15 is 0 Å². The standard InChI is InChI=1S/C18H23N3O2/c1-14-6-5-9-17(21-14)13-20-18(23)19-12-16(10-11-22)15-7-3-2-4-8-15/h2-9,16,22H,10-13H2,1H3,(H2,19,20,23). The SMILES string of the molecule is Cc1cccc(CNC(=O)NCC(CCO)c2ccccc2)n1. The summed E-state index contributed by atoms with van der Waals surface area (Å²) in [5.41, 5.74) is 2.87. The van der Waals surface area contributed by atoms with E-state index in [-0.39, 0.29) is 18.6 Å². The Morgan fingerprint density at radius 3 is 2.61 bits per heavy atom. The van der Waals surface area contributed by atoms with Crippen LogP contribution in [0.5, 0.6) is 0 Å². The van der Waals surface area contributed by atoms with Crippen molar-refractivity contribution in [2.45, 2.75) is 25.8 Å². The number of rotatable bonds is 7. The first-order valence-corrected chi connectivity index (χ1v) is 7.79. The fourth-order valence-corrected chi connectivity index (χ4v) is 2.41. The van der Waals surface area contributed by atoms with Crippen molar-refractivity contribution in [3.8, 4) is 0 Å². The predicted octanol–water partition coefficient (Wildman–Crippen LogP) is 2.36. The highest BCUT2D eigenvalue weighted by Crippen LogP contribution is 2.17. The molecular formula is C18H23N3O2. The molecule has 2 rings (SSSR count). The van der Waals surface area contributed by atoms with Crippen LogP contribution in [0.3, 0.4) is 0 Å². The first kappa shape index (κ1) is 17.0. The van der Waals surface area contributed by atoms with Gasteiger partial charge in [-0.3, -0.25) is 4.98 Å². The number of nitrogens with one attached hydrogen (secondary N) is 2. The quantitative estimate of drug-likeness (QED) is 0.734. The number of nitrogens with zero attached hydrogens (tertiary/aromatic N) is 1. The molecule has 0 saturated carbocycles. The van der Waals surface area contributed by atoms with Gasteiger partial charge in [-0.25, -0.2) is 4.79 Å². The Labute approximate surface area is 136 Å². The molecule has 1 unspecified atom stereocenters. The molecule has 0 aliphatic carbocycles. The van der Waals surface area contributed by atoms with Gasteiger partial charge in [-0.1, -0.05) is 36.4 Å². The molecule has 0 spiro atoms. The van der Waals surface area contributed by atoms with Crippen LogP contribution in [-0.2, 0) is 6.54 Å². The van der Waals surface area contributed by atoms with Gasteiger partial charge in [0.2, 0.25) is 0 Å². The summed E-state index contributed by atoms with van der Waals surface area (Å²) < 4.78 is 0. The molecule has 2 aromatic rings. The van der Waals surface area contributed by atoms with Gasteiger partial charge in [0, 0.05) is 24.8 Å². The third kappa shape index (κ3) is 5.71. The Morgan fingerprint density at radius 2 is 1.91 bits per heavy atom. The number of benzene rings is 1. The summed E-state index contributed by atoms with van der Waals surface area (Å²) in [7, 11) is 0. The molecule has 5 nitrogen and oxygen atoms in total. The van der Waals surface area contributed by atoms with Gasteiger partial charge in [-0.15, -0.1) is 0 Å². The maximum absolute atomic E-state index is 11.9. The largest absolute Gasteiger partial charge is 0.396 e. The smallest absolute Gasteiger partial charge is 0.315 e. The molecule has 1 heterocycles. The number of pyridine rings is 1. The van der Waals surface area contributed by atoms with Crippen LogP contribution in [0.2, 0.25) is 0 Å². The second-order valence-corrected chi connectivity index (χ2v) is 5.45. The summed E-state index contributed by atoms with van der Waals surface area (Å²) in [6.07, 6.45) is 0.615. The molecule has 0 bridgehead atoms. The number of hydrogen-bond donors (Lipinski definition) is 3. The van der Waals surface area contributed by atoms with Gasteiger partial charge in [-0.2, -0.15) is 0 Å². The highest BCUT2D eigenvalue weighted by molar-refractivity contribution is 5.73. The predicted molar refractivity (Wildman–Crippen MR) is 90.1 cm³/mol. The maximum atomic E-state index is 11.9. The van der Waals surface area contributed by atoms with E-state index in [4.69, 9.17) is 0 Å². The Morgan fingerprint density at radius 1 is 1.13 bits per heavy atom. The van der Waals surface area contributed by atoms with E-state index in [1.807, 2.05) is 55.5 Å². The second kappa shape index (κ2) is 8.90. The molecule has 0 saturated heterocycles. The van der Waals surface area contributed by atoms with Gasteiger partial charge < -0.3 is 15.7 Å². The Hall–Kier alpha value is -2.40. The third-order valence-electron chi connectivity index (χ3n) is 3.63. The van der Waals surface area contributed by atoms with E-state index in [0.717, 1.165) is 17.0 Å². The zero-order valence-corrected chi connectivity index (χ0v) is 13.3. The van der Waals surface area contributed by atoms with Crippen molar-refractivity contribution in [3.05, 3.63) is 65.5 Å². The average molecular weight is 313 g/mol. The summed E-state index contributed by atoms with van der Waals surface area (Å²) in [6.45, 7) is 2.89. The summed E-state index contributed by atoms with van der Waals surface area (Å²) >= 11 is 0. The Balaban J connectivity index is 1.82. The number of aromatic nitrogens is 1. The Bertz CT molecular complexity index is 617. The van der Waals surface area contributed by atoms with E-state index < -0.39 is 0 Å². The van der Waals surface area contributed by atoms with Gasteiger partial charge in [-0.05, 0) is 31.0 Å². The molecule has 0 radical (unpaired) electrons. The van der Waals surface area contributed by atoms with Crippen molar-refractivity contribution in [1.82, 2.24) is 15.6 Å². The molecule has 122 valence electrons. The molecule has 1 aromatic heterocycles. The fourth-order valence-electron chi connectivity index (χ4n) is 2.41. The lowest BCUT2D eigenvalue weighted by molar-refractivity contribution is 0.237. The van der Waals surface area contributed by atoms with Crippen molar-refractivity contribution < 1.29 is 9.90 Å². The molecule has 0 fully saturated rings. The molecule has 1 atom stereocenters. The minimum atomic E-state index is -0.229. The molecule has 5 heteroatoms. The molecule has 0 aliphatic heterocycles. The van der Waals surface area contributed by atoms with Crippen molar-refractivity contribution in [2.24, 2.45) is 0 Å². The molecule has 3 N–H and O–H groups in total. The van der Waals surface area contributed by atoms with Gasteiger partial charge in [0.25, 0.3) is 0 Å². The normalized spacial score (nSPS) is 11.7. The van der Waals surface area contributed by atoms with Crippen LogP contribution in [0.15, 0.2) is 48.5 Å². The van der Waals surface area contributed by atoms with E-state index in [0.29, 0.717) is 19.5 Å². The van der Waals surface area contributed by atoms with Gasteiger partial charge in [0.1, 0.15) is 0 Å². The van der Waals surface area contributed by atoms with E-state index in [9.17, 15) is 9.90 Å². The van der Waals surface area contributed by atoms with Gasteiger partial charge in [0.05, 0.1) is 12.2 Å². The van der Waals surface area contributed by atoms with Crippen LogP contribution in [-0.4, -0.2) is 29.3 Å². The zero-order chi connectivity index (χ0) is 16.5. The Kier molecular flexibility index (Phi) is 6.56. The lowest BCUT2D eigenvalue weighted by Gasteiger charge is -2.17. The lowest BCUT2D eigenvalue weighted by atomic mass is 9.96. The minimum absolute atomic E-state index is 0.0933. The highest BCUT2D eigenvalue weighted by atomic mass is 16.3. The van der Waals surface area contributed by atoms with E-state index in [1.165, 1.54) is 0 Å². The minimum Gasteiger partial charge on any atom is -0.396 e. The number of carbonyl (C=O) groups excluding carboxylic acids is 1. The summed E-state index contributed by atoms with van der Waals surface area (Å²) in [4.78, 5) is 16.3. The number of aryl methyl sites for hydroxylation is 1. The van der Waals surface area contributed by atoms with E-state index in [2.05, 4.69) is 15.6 Å². The summed E-state index contributed by atoms with van der Waals surface area (Å²) in [5.74, 6) is 0.101. The third-order valence-corrected chi connectivity index (χ3v) is 3.63. The molecule has 0 aliphatic rings. The van der Waals surface area contributed by atoms with Crippen LogP contribution in [0.4, 0.5) is 4.79 Å². The van der Waals surface area contributed by atoms with Crippen LogP contribution in [0, 0.1) is 6.92 Å². The monoisotopic (exact) mass is 313 g/mol. The molecule has 1 aromatic carbocycles. The van der Waals surface area contributed by atoms with Crippen LogP contribution >= 0.6 is 0 Å². The summed E-state index contributed by atoms with van der Waals surface area (Å²) in [5, 5.41) is 14.9. The number of carbonyl (C=O) groups is 1. The zero-order valence-electron chi connectivity index (χ0n) is 13.3. The summed E-state index contributed by atoms with van der Waals surface area (Å²) in [6, 6.07) is 15.4. The molecular weight excluding hydrogens is 290 g/mol. The van der Waals surface area contributed by atoms with Crippen LogP contribution in [0.25, 0.3) is 0 Å². The first-order chi connectivity index (χ1) is 11.2. The number of amides is 2. The average Bonchev–Trinajstić information content (AvgIpc) is 2.57. The van der Waals surface area contributed by atoms with Crippen LogP contribution in [0.1, 0.15) is 29.3 Å². The van der Waals surface area contributed by atoms with Crippen molar-refractivity contribution >= 4 is 6.03 Å². The number of urea groups is 1. The van der Waals surface area contributed by atoms with Gasteiger partial charge >= 0.3 is 6.03 Å². The number of hydrogen-bond acceptors (Lipinski definition) is 3. The van der Waals surface area contributed by atoms with Crippen LogP contribution < -0.4 is 10.6 Å². The van der Waals surface area contributed by atoms with Crippen molar-refractivity contribution in [2.75, 3.05) is 13.2 Å². The number of aliphatic hydroxyl groups excluding tert-OH is 1. The first-order valence-electron chi connectivity index (χ1n) is 7.79. The second-order valence-electron chi connectivity index (χ2n) is 5.45. The maximum Gasteiger partial charge on any atom is 0.315 e. The topological polar surface area (TPSA) is 74.2 Å². The van der Waals surface area contributed by atoms with Crippen molar-refractivity contribution in [3.63, 3.8) is 0 Å².